The summed E-state index contributed by atoms with van der Waals surface area (Å²) in [5.74, 6) is 0.0336. The van der Waals surface area contributed by atoms with Gasteiger partial charge in [0.1, 0.15) is 5.65 Å². The first kappa shape index (κ1) is 12.1. The Balaban J connectivity index is 1.63. The molecule has 5 heteroatoms. The molecular weight excluding hydrogens is 264 g/mol. The monoisotopic (exact) mass is 278 g/mol. The fourth-order valence-electron chi connectivity index (χ4n) is 2.74. The van der Waals surface area contributed by atoms with Crippen LogP contribution in [-0.4, -0.2) is 25.2 Å². The lowest BCUT2D eigenvalue weighted by Gasteiger charge is -2.12. The van der Waals surface area contributed by atoms with Crippen molar-refractivity contribution in [2.24, 2.45) is 0 Å². The van der Waals surface area contributed by atoms with E-state index in [9.17, 15) is 4.79 Å². The molecule has 0 aromatic carbocycles. The van der Waals surface area contributed by atoms with Gasteiger partial charge in [0.25, 0.3) is 5.91 Å². The summed E-state index contributed by atoms with van der Waals surface area (Å²) in [5, 5.41) is 0. The molecule has 104 valence electrons. The highest BCUT2D eigenvalue weighted by Crippen LogP contribution is 2.22. The maximum absolute atomic E-state index is 12.3. The third-order valence-corrected chi connectivity index (χ3v) is 3.75. The highest BCUT2D eigenvalue weighted by Gasteiger charge is 2.28. The van der Waals surface area contributed by atoms with Crippen LogP contribution in [0, 0.1) is 6.92 Å². The molecule has 0 unspecified atom stereocenters. The number of imidazole rings is 1. The minimum absolute atomic E-state index is 0.0336. The maximum atomic E-state index is 12.3. The molecule has 0 bridgehead atoms. The normalized spacial score (nSPS) is 14.0. The Bertz CT molecular complexity index is 852. The zero-order chi connectivity index (χ0) is 14.4. The van der Waals surface area contributed by atoms with Crippen LogP contribution in [0.3, 0.4) is 0 Å². The highest BCUT2D eigenvalue weighted by molar-refractivity contribution is 5.97. The van der Waals surface area contributed by atoms with Gasteiger partial charge in [-0.25, -0.2) is 4.98 Å². The highest BCUT2D eigenvalue weighted by atomic mass is 16.2. The Hall–Kier alpha value is -2.69. The Labute approximate surface area is 121 Å². The number of amides is 1. The molecule has 3 aromatic rings. The molecule has 0 N–H and O–H groups in total. The summed E-state index contributed by atoms with van der Waals surface area (Å²) in [6.45, 7) is 3.11. The molecule has 0 spiro atoms. The lowest BCUT2D eigenvalue weighted by molar-refractivity contribution is 0.0764. The Kier molecular flexibility index (Phi) is 2.54. The average Bonchev–Trinajstić information content (AvgIpc) is 3.01. The number of aromatic nitrogens is 3. The van der Waals surface area contributed by atoms with Crippen molar-refractivity contribution in [1.29, 1.82) is 0 Å². The van der Waals surface area contributed by atoms with Gasteiger partial charge < -0.3 is 9.30 Å². The first-order valence-electron chi connectivity index (χ1n) is 6.88. The molecule has 4 rings (SSSR count). The lowest BCUT2D eigenvalue weighted by Crippen LogP contribution is -2.23. The quantitative estimate of drug-likeness (QED) is 0.722. The molecular formula is C16H14N4O. The number of aryl methyl sites for hydroxylation is 1. The van der Waals surface area contributed by atoms with Gasteiger partial charge in [0.15, 0.2) is 0 Å². The number of hydrogen-bond donors (Lipinski definition) is 0. The molecule has 0 atom stereocenters. The molecule has 0 saturated heterocycles. The summed E-state index contributed by atoms with van der Waals surface area (Å²) in [5.41, 5.74) is 4.53. The fourth-order valence-corrected chi connectivity index (χ4v) is 2.74. The van der Waals surface area contributed by atoms with E-state index in [2.05, 4.69) is 9.97 Å². The Morgan fingerprint density at radius 3 is 3.00 bits per heavy atom. The second kappa shape index (κ2) is 4.41. The summed E-state index contributed by atoms with van der Waals surface area (Å²) in [4.78, 5) is 22.9. The maximum Gasteiger partial charge on any atom is 0.256 e. The molecule has 4 heterocycles. The van der Waals surface area contributed by atoms with Crippen molar-refractivity contribution in [2.75, 3.05) is 0 Å². The van der Waals surface area contributed by atoms with Crippen LogP contribution < -0.4 is 0 Å². The van der Waals surface area contributed by atoms with E-state index in [-0.39, 0.29) is 5.91 Å². The molecule has 21 heavy (non-hydrogen) atoms. The van der Waals surface area contributed by atoms with Crippen molar-refractivity contribution in [3.63, 3.8) is 0 Å². The second-order valence-electron chi connectivity index (χ2n) is 5.36. The Morgan fingerprint density at radius 2 is 2.14 bits per heavy atom. The number of carbonyl (C=O) groups excluding carboxylic acids is 1. The minimum atomic E-state index is 0.0336. The molecule has 1 amide bonds. The third kappa shape index (κ3) is 1.98. The number of nitrogens with zero attached hydrogens (tertiary/aromatic N) is 4. The van der Waals surface area contributed by atoms with Crippen LogP contribution >= 0.6 is 0 Å². The van der Waals surface area contributed by atoms with Gasteiger partial charge >= 0.3 is 0 Å². The van der Waals surface area contributed by atoms with Gasteiger partial charge in [-0.1, -0.05) is 6.07 Å². The lowest BCUT2D eigenvalue weighted by atomic mass is 10.2. The van der Waals surface area contributed by atoms with Crippen molar-refractivity contribution in [1.82, 2.24) is 19.3 Å². The van der Waals surface area contributed by atoms with Crippen LogP contribution in [0.25, 0.3) is 5.65 Å². The van der Waals surface area contributed by atoms with E-state index >= 15 is 0 Å². The molecule has 5 nitrogen and oxygen atoms in total. The van der Waals surface area contributed by atoms with Crippen molar-refractivity contribution in [3.05, 3.63) is 65.4 Å². The van der Waals surface area contributed by atoms with Gasteiger partial charge in [0.05, 0.1) is 30.0 Å². The molecule has 0 radical (unpaired) electrons. The molecule has 1 aliphatic heterocycles. The van der Waals surface area contributed by atoms with E-state index in [1.165, 1.54) is 5.56 Å². The summed E-state index contributed by atoms with van der Waals surface area (Å²) in [7, 11) is 0. The summed E-state index contributed by atoms with van der Waals surface area (Å²) in [6.07, 6.45) is 5.74. The minimum Gasteiger partial charge on any atom is -0.327 e. The SMILES string of the molecule is Cc1ccc2nc(CN3Cc4ncccc4C3=O)cn2c1. The number of hydrogen-bond acceptors (Lipinski definition) is 3. The van der Waals surface area contributed by atoms with E-state index in [0.29, 0.717) is 18.7 Å². The average molecular weight is 278 g/mol. The van der Waals surface area contributed by atoms with Crippen LogP contribution in [0.2, 0.25) is 0 Å². The van der Waals surface area contributed by atoms with Crippen LogP contribution in [0.1, 0.15) is 27.3 Å². The van der Waals surface area contributed by atoms with Crippen LogP contribution in [0.5, 0.6) is 0 Å². The van der Waals surface area contributed by atoms with Gasteiger partial charge in [-0.3, -0.25) is 9.78 Å². The second-order valence-corrected chi connectivity index (χ2v) is 5.36. The standard InChI is InChI=1S/C16H14N4O/c1-11-4-5-15-18-12(8-19(15)7-11)9-20-10-14-13(16(20)21)3-2-6-17-14/h2-8H,9-10H2,1H3. The van der Waals surface area contributed by atoms with Gasteiger partial charge in [-0.2, -0.15) is 0 Å². The van der Waals surface area contributed by atoms with E-state index < -0.39 is 0 Å². The number of carbonyl (C=O) groups is 1. The topological polar surface area (TPSA) is 50.5 Å². The van der Waals surface area contributed by atoms with Crippen molar-refractivity contribution >= 4 is 11.6 Å². The van der Waals surface area contributed by atoms with Gasteiger partial charge in [-0.15, -0.1) is 0 Å². The van der Waals surface area contributed by atoms with E-state index in [4.69, 9.17) is 0 Å². The summed E-state index contributed by atoms with van der Waals surface area (Å²) >= 11 is 0. The molecule has 3 aromatic heterocycles. The number of fused-ring (bicyclic) bond motifs is 2. The van der Waals surface area contributed by atoms with Crippen molar-refractivity contribution < 1.29 is 4.79 Å². The Morgan fingerprint density at radius 1 is 1.24 bits per heavy atom. The first-order chi connectivity index (χ1) is 10.2. The van der Waals surface area contributed by atoms with Gasteiger partial charge in [0.2, 0.25) is 0 Å². The van der Waals surface area contributed by atoms with Crippen LogP contribution in [-0.2, 0) is 13.1 Å². The molecule has 0 aliphatic carbocycles. The van der Waals surface area contributed by atoms with Crippen LogP contribution in [0.4, 0.5) is 0 Å². The predicted octanol–water partition coefficient (Wildman–Crippen LogP) is 2.19. The van der Waals surface area contributed by atoms with E-state index in [1.54, 1.807) is 17.2 Å². The predicted molar refractivity (Wildman–Crippen MR) is 77.7 cm³/mol. The summed E-state index contributed by atoms with van der Waals surface area (Å²) in [6, 6.07) is 7.65. The van der Waals surface area contributed by atoms with E-state index in [1.807, 2.05) is 41.9 Å². The largest absolute Gasteiger partial charge is 0.327 e. The van der Waals surface area contributed by atoms with Gasteiger partial charge in [0, 0.05) is 18.6 Å². The van der Waals surface area contributed by atoms with Crippen molar-refractivity contribution in [3.8, 4) is 0 Å². The smallest absolute Gasteiger partial charge is 0.256 e. The molecule has 0 saturated carbocycles. The third-order valence-electron chi connectivity index (χ3n) is 3.75. The zero-order valence-corrected chi connectivity index (χ0v) is 11.7. The summed E-state index contributed by atoms with van der Waals surface area (Å²) < 4.78 is 2.00. The van der Waals surface area contributed by atoms with Gasteiger partial charge in [-0.05, 0) is 30.7 Å². The number of pyridine rings is 2. The molecule has 1 aliphatic rings. The molecule has 0 fully saturated rings. The number of rotatable bonds is 2. The fraction of sp³-hybridized carbons (Fsp3) is 0.188. The van der Waals surface area contributed by atoms with E-state index in [0.717, 1.165) is 17.0 Å². The van der Waals surface area contributed by atoms with Crippen molar-refractivity contribution in [2.45, 2.75) is 20.0 Å². The van der Waals surface area contributed by atoms with Crippen LogP contribution in [0.15, 0.2) is 42.9 Å². The zero-order valence-electron chi connectivity index (χ0n) is 11.7. The first-order valence-corrected chi connectivity index (χ1v) is 6.88.